The Labute approximate surface area is 195 Å². The number of carbonyl (C=O) groups is 1. The van der Waals surface area contributed by atoms with Crippen LogP contribution in [-0.4, -0.2) is 59.9 Å². The number of hydrogen-bond acceptors (Lipinski definition) is 6. The van der Waals surface area contributed by atoms with E-state index in [1.807, 2.05) is 24.3 Å². The van der Waals surface area contributed by atoms with Crippen molar-refractivity contribution < 1.29 is 13.6 Å². The zero-order valence-corrected chi connectivity index (χ0v) is 18.7. The molecule has 4 aromatic rings. The van der Waals surface area contributed by atoms with Gasteiger partial charge in [0.05, 0.1) is 11.7 Å². The van der Waals surface area contributed by atoms with Gasteiger partial charge in [-0.05, 0) is 49.4 Å². The highest BCUT2D eigenvalue weighted by molar-refractivity contribution is 6.02. The minimum atomic E-state index is -0.458. The molecule has 8 nitrogen and oxygen atoms in total. The van der Waals surface area contributed by atoms with E-state index in [0.717, 1.165) is 50.2 Å². The van der Waals surface area contributed by atoms with Gasteiger partial charge in [-0.15, -0.1) is 0 Å². The van der Waals surface area contributed by atoms with Crippen LogP contribution >= 0.6 is 0 Å². The van der Waals surface area contributed by atoms with Crippen LogP contribution in [0, 0.1) is 5.82 Å². The number of anilines is 1. The molecule has 0 atom stereocenters. The summed E-state index contributed by atoms with van der Waals surface area (Å²) in [6, 6.07) is 13.9. The maximum absolute atomic E-state index is 13.1. The summed E-state index contributed by atoms with van der Waals surface area (Å²) in [4.78, 5) is 29.4. The van der Waals surface area contributed by atoms with Crippen molar-refractivity contribution in [2.24, 2.45) is 0 Å². The van der Waals surface area contributed by atoms with Crippen LogP contribution in [0.1, 0.15) is 6.42 Å². The molecule has 0 unspecified atom stereocenters. The molecule has 1 fully saturated rings. The predicted octanol–water partition coefficient (Wildman–Crippen LogP) is 2.61. The minimum absolute atomic E-state index is 0.0350. The van der Waals surface area contributed by atoms with Gasteiger partial charge in [-0.1, -0.05) is 12.1 Å². The lowest BCUT2D eigenvalue weighted by Crippen LogP contribution is -2.47. The number of nitrogens with zero attached hydrogens (tertiary/aromatic N) is 4. The van der Waals surface area contributed by atoms with Crippen LogP contribution in [0.25, 0.3) is 21.9 Å². The second-order valence-electron chi connectivity index (χ2n) is 8.46. The van der Waals surface area contributed by atoms with Crippen LogP contribution < -0.4 is 15.8 Å². The molecule has 9 heteroatoms. The van der Waals surface area contributed by atoms with Gasteiger partial charge in [-0.3, -0.25) is 14.4 Å². The molecular weight excluding hydrogens is 437 g/mol. The van der Waals surface area contributed by atoms with Gasteiger partial charge >= 0.3 is 5.63 Å². The molecule has 1 N–H and O–H groups in total. The average Bonchev–Trinajstić information content (AvgIpc) is 3.27. The summed E-state index contributed by atoms with van der Waals surface area (Å²) in [6.45, 7) is 5.15. The highest BCUT2D eigenvalue weighted by atomic mass is 19.1. The Hall–Kier alpha value is -3.72. The molecule has 0 spiro atoms. The van der Waals surface area contributed by atoms with Gasteiger partial charge in [0.1, 0.15) is 23.3 Å². The Kier molecular flexibility index (Phi) is 6.27. The van der Waals surface area contributed by atoms with Gasteiger partial charge in [-0.25, -0.2) is 9.18 Å². The van der Waals surface area contributed by atoms with Crippen molar-refractivity contribution in [1.82, 2.24) is 20.0 Å². The molecule has 0 radical (unpaired) electrons. The van der Waals surface area contributed by atoms with Crippen LogP contribution in [0.3, 0.4) is 0 Å². The summed E-state index contributed by atoms with van der Waals surface area (Å²) in [6.07, 6.45) is 2.29. The number of hydrogen-bond donors (Lipinski definition) is 1. The van der Waals surface area contributed by atoms with Crippen molar-refractivity contribution in [3.8, 4) is 0 Å². The molecule has 34 heavy (non-hydrogen) atoms. The van der Waals surface area contributed by atoms with Gasteiger partial charge in [0.15, 0.2) is 0 Å². The lowest BCUT2D eigenvalue weighted by Gasteiger charge is -2.36. The zero-order chi connectivity index (χ0) is 23.5. The number of benzene rings is 2. The molecule has 1 amide bonds. The van der Waals surface area contributed by atoms with E-state index in [-0.39, 0.29) is 18.3 Å². The quantitative estimate of drug-likeness (QED) is 0.335. The summed E-state index contributed by atoms with van der Waals surface area (Å²) in [5, 5.41) is 8.32. The molecule has 1 aliphatic heterocycles. The third-order valence-corrected chi connectivity index (χ3v) is 6.23. The largest absolute Gasteiger partial charge is 0.422 e. The summed E-state index contributed by atoms with van der Waals surface area (Å²) < 4.78 is 20.0. The Balaban J connectivity index is 1.10. The van der Waals surface area contributed by atoms with E-state index in [4.69, 9.17) is 4.42 Å². The highest BCUT2D eigenvalue weighted by Crippen LogP contribution is 2.22. The smallest absolute Gasteiger partial charge is 0.347 e. The van der Waals surface area contributed by atoms with Crippen molar-refractivity contribution >= 4 is 33.5 Å². The first-order valence-corrected chi connectivity index (χ1v) is 11.5. The van der Waals surface area contributed by atoms with Crippen LogP contribution in [0.2, 0.25) is 0 Å². The number of rotatable bonds is 7. The number of amides is 1. The first-order valence-electron chi connectivity index (χ1n) is 11.5. The summed E-state index contributed by atoms with van der Waals surface area (Å²) in [5.74, 6) is -0.368. The first-order chi connectivity index (χ1) is 16.6. The second-order valence-corrected chi connectivity index (χ2v) is 8.46. The molecular formula is C25H26FN5O3. The highest BCUT2D eigenvalue weighted by Gasteiger charge is 2.17. The second kappa shape index (κ2) is 9.64. The fourth-order valence-corrected chi connectivity index (χ4v) is 4.45. The van der Waals surface area contributed by atoms with Gasteiger partial charge in [0, 0.05) is 43.8 Å². The summed E-state index contributed by atoms with van der Waals surface area (Å²) in [7, 11) is 0. The fourth-order valence-electron chi connectivity index (χ4n) is 4.45. The lowest BCUT2D eigenvalue weighted by molar-refractivity contribution is -0.121. The van der Waals surface area contributed by atoms with Crippen molar-refractivity contribution in [1.29, 1.82) is 0 Å². The van der Waals surface area contributed by atoms with E-state index in [1.165, 1.54) is 18.3 Å². The monoisotopic (exact) mass is 463 g/mol. The van der Waals surface area contributed by atoms with E-state index < -0.39 is 5.63 Å². The molecule has 176 valence electrons. The van der Waals surface area contributed by atoms with E-state index in [1.54, 1.807) is 16.8 Å². The van der Waals surface area contributed by atoms with Gasteiger partial charge in [-0.2, -0.15) is 5.10 Å². The number of halogens is 1. The Morgan fingerprint density at radius 3 is 2.59 bits per heavy atom. The fraction of sp³-hybridized carbons (Fsp3) is 0.320. The third kappa shape index (κ3) is 4.65. The van der Waals surface area contributed by atoms with Crippen LogP contribution in [-0.2, 0) is 11.3 Å². The molecule has 0 saturated carbocycles. The summed E-state index contributed by atoms with van der Waals surface area (Å²) in [5.41, 5.74) is 1.67. The number of fused-ring (bicyclic) bond motifs is 3. The van der Waals surface area contributed by atoms with E-state index in [0.29, 0.717) is 23.0 Å². The normalized spacial score (nSPS) is 14.7. The Bertz CT molecular complexity index is 1360. The number of piperazine rings is 1. The zero-order valence-electron chi connectivity index (χ0n) is 18.7. The lowest BCUT2D eigenvalue weighted by atomic mass is 10.2. The topological polar surface area (TPSA) is 83.6 Å². The number of para-hydroxylation sites is 1. The van der Waals surface area contributed by atoms with Crippen LogP contribution in [0.15, 0.2) is 63.9 Å². The Morgan fingerprint density at radius 2 is 1.79 bits per heavy atom. The number of aromatic nitrogens is 2. The van der Waals surface area contributed by atoms with Crippen molar-refractivity contribution in [2.45, 2.75) is 13.0 Å². The molecule has 1 aliphatic rings. The van der Waals surface area contributed by atoms with Gasteiger partial charge < -0.3 is 14.6 Å². The molecule has 2 aromatic carbocycles. The number of nitrogens with one attached hydrogen (secondary N) is 1. The predicted molar refractivity (Wildman–Crippen MR) is 128 cm³/mol. The number of carbonyl (C=O) groups excluding carboxylic acids is 1. The van der Waals surface area contributed by atoms with Crippen molar-refractivity contribution in [3.05, 3.63) is 71.0 Å². The van der Waals surface area contributed by atoms with Crippen molar-refractivity contribution in [2.75, 3.05) is 44.2 Å². The van der Waals surface area contributed by atoms with Crippen LogP contribution in [0.4, 0.5) is 10.1 Å². The molecule has 0 aliphatic carbocycles. The average molecular weight is 464 g/mol. The van der Waals surface area contributed by atoms with Gasteiger partial charge in [0.2, 0.25) is 5.91 Å². The summed E-state index contributed by atoms with van der Waals surface area (Å²) >= 11 is 0. The minimum Gasteiger partial charge on any atom is -0.422 e. The third-order valence-electron chi connectivity index (χ3n) is 6.23. The molecule has 2 aromatic heterocycles. The molecule has 0 bridgehead atoms. The standard InChI is InChI=1S/C25H26FN5O3/c26-18-6-8-19(9-7-18)30-14-12-29(13-15-30)11-3-10-27-23(32)17-31-24-20-4-1-2-5-22(20)34-25(33)21(24)16-28-31/h1-2,4-9,16H,3,10-15,17H2,(H,27,32). The maximum Gasteiger partial charge on any atom is 0.347 e. The van der Waals surface area contributed by atoms with Crippen molar-refractivity contribution in [3.63, 3.8) is 0 Å². The van der Waals surface area contributed by atoms with E-state index >= 15 is 0 Å². The molecule has 5 rings (SSSR count). The maximum atomic E-state index is 13.1. The SMILES string of the molecule is O=C(Cn1ncc2c(=O)oc3ccccc3c21)NCCCN1CCN(c2ccc(F)cc2)CC1. The van der Waals surface area contributed by atoms with Gasteiger partial charge in [0.25, 0.3) is 0 Å². The van der Waals surface area contributed by atoms with E-state index in [2.05, 4.69) is 20.2 Å². The molecule has 3 heterocycles. The van der Waals surface area contributed by atoms with Crippen LogP contribution in [0.5, 0.6) is 0 Å². The van der Waals surface area contributed by atoms with E-state index in [9.17, 15) is 14.0 Å². The molecule has 1 saturated heterocycles. The first kappa shape index (κ1) is 22.1. The Morgan fingerprint density at radius 1 is 1.03 bits per heavy atom.